The Balaban J connectivity index is 1.96. The fourth-order valence-corrected chi connectivity index (χ4v) is 4.46. The Bertz CT molecular complexity index is 780. The first-order valence-electron chi connectivity index (χ1n) is 9.92. The van der Waals surface area contributed by atoms with E-state index in [2.05, 4.69) is 54.6 Å². The lowest BCUT2D eigenvalue weighted by Crippen LogP contribution is -2.46. The Hall–Kier alpha value is -1.80. The molecule has 158 valence electrons. The summed E-state index contributed by atoms with van der Waals surface area (Å²) in [6.45, 7) is 7.93. The Labute approximate surface area is 169 Å². The summed E-state index contributed by atoms with van der Waals surface area (Å²) in [5, 5.41) is 6.56. The van der Waals surface area contributed by atoms with Gasteiger partial charge in [-0.3, -0.25) is 4.99 Å². The molecule has 1 aliphatic rings. The molecule has 2 rings (SSSR count). The SMILES string of the molecule is CCC(C)Oc1cc(C)ccc1CNC(=NC)NC[C@H]1CCCN1S(C)(=O)=O. The molecule has 1 aliphatic heterocycles. The monoisotopic (exact) mass is 410 g/mol. The lowest BCUT2D eigenvalue weighted by molar-refractivity contribution is 0.215. The van der Waals surface area contributed by atoms with E-state index in [0.29, 0.717) is 25.6 Å². The van der Waals surface area contributed by atoms with Crippen LogP contribution < -0.4 is 15.4 Å². The molecule has 1 aromatic rings. The summed E-state index contributed by atoms with van der Waals surface area (Å²) in [4.78, 5) is 4.26. The fourth-order valence-electron chi connectivity index (χ4n) is 3.28. The number of ether oxygens (including phenoxy) is 1. The van der Waals surface area contributed by atoms with Gasteiger partial charge in [-0.05, 0) is 44.7 Å². The van der Waals surface area contributed by atoms with Gasteiger partial charge in [0.05, 0.1) is 12.4 Å². The Morgan fingerprint density at radius 3 is 2.79 bits per heavy atom. The molecule has 8 heteroatoms. The minimum Gasteiger partial charge on any atom is -0.490 e. The van der Waals surface area contributed by atoms with Crippen molar-refractivity contribution in [1.82, 2.24) is 14.9 Å². The van der Waals surface area contributed by atoms with Crippen LogP contribution in [0.15, 0.2) is 23.2 Å². The molecule has 0 amide bonds. The normalized spacial score (nSPS) is 19.5. The van der Waals surface area contributed by atoms with Gasteiger partial charge >= 0.3 is 0 Å². The lowest BCUT2D eigenvalue weighted by atomic mass is 10.1. The second kappa shape index (κ2) is 10.1. The summed E-state index contributed by atoms with van der Waals surface area (Å²) in [6.07, 6.45) is 4.13. The second-order valence-electron chi connectivity index (χ2n) is 7.42. The van der Waals surface area contributed by atoms with Gasteiger partial charge in [0.2, 0.25) is 10.0 Å². The van der Waals surface area contributed by atoms with E-state index in [9.17, 15) is 8.42 Å². The first-order valence-corrected chi connectivity index (χ1v) is 11.8. The highest BCUT2D eigenvalue weighted by atomic mass is 32.2. The number of guanidine groups is 1. The quantitative estimate of drug-likeness (QED) is 0.507. The van der Waals surface area contributed by atoms with Gasteiger partial charge in [-0.2, -0.15) is 4.31 Å². The lowest BCUT2D eigenvalue weighted by Gasteiger charge is -2.23. The number of rotatable bonds is 8. The van der Waals surface area contributed by atoms with Crippen molar-refractivity contribution in [3.63, 3.8) is 0 Å². The highest BCUT2D eigenvalue weighted by molar-refractivity contribution is 7.88. The molecule has 0 bridgehead atoms. The molecule has 1 saturated heterocycles. The molecule has 1 heterocycles. The number of hydrogen-bond acceptors (Lipinski definition) is 4. The van der Waals surface area contributed by atoms with Crippen LogP contribution in [0.3, 0.4) is 0 Å². The third-order valence-electron chi connectivity index (χ3n) is 5.05. The largest absolute Gasteiger partial charge is 0.490 e. The van der Waals surface area contributed by atoms with Crippen LogP contribution in [-0.2, 0) is 16.6 Å². The van der Waals surface area contributed by atoms with E-state index >= 15 is 0 Å². The van der Waals surface area contributed by atoms with Crippen LogP contribution in [0.4, 0.5) is 0 Å². The van der Waals surface area contributed by atoms with E-state index in [4.69, 9.17) is 4.74 Å². The average molecular weight is 411 g/mol. The van der Waals surface area contributed by atoms with Gasteiger partial charge in [0.25, 0.3) is 0 Å². The van der Waals surface area contributed by atoms with Crippen LogP contribution in [0, 0.1) is 6.92 Å². The van der Waals surface area contributed by atoms with Gasteiger partial charge < -0.3 is 15.4 Å². The van der Waals surface area contributed by atoms with E-state index in [-0.39, 0.29) is 12.1 Å². The topological polar surface area (TPSA) is 83.0 Å². The van der Waals surface area contributed by atoms with E-state index in [1.807, 2.05) is 0 Å². The van der Waals surface area contributed by atoms with Crippen molar-refractivity contribution in [3.8, 4) is 5.75 Å². The summed E-state index contributed by atoms with van der Waals surface area (Å²) in [7, 11) is -1.46. The maximum atomic E-state index is 11.9. The van der Waals surface area contributed by atoms with Gasteiger partial charge in [-0.15, -0.1) is 0 Å². The number of benzene rings is 1. The Morgan fingerprint density at radius 2 is 2.14 bits per heavy atom. The van der Waals surface area contributed by atoms with Crippen molar-refractivity contribution < 1.29 is 13.2 Å². The summed E-state index contributed by atoms with van der Waals surface area (Å²) in [5.74, 6) is 1.53. The number of aryl methyl sites for hydroxylation is 1. The molecular formula is C20H34N4O3S. The van der Waals surface area contributed by atoms with E-state index in [1.54, 1.807) is 11.4 Å². The zero-order valence-electron chi connectivity index (χ0n) is 17.7. The summed E-state index contributed by atoms with van der Waals surface area (Å²) in [6, 6.07) is 6.16. The van der Waals surface area contributed by atoms with Crippen LogP contribution in [0.25, 0.3) is 0 Å². The number of nitrogens with zero attached hydrogens (tertiary/aromatic N) is 2. The second-order valence-corrected chi connectivity index (χ2v) is 9.36. The smallest absolute Gasteiger partial charge is 0.211 e. The molecule has 2 N–H and O–H groups in total. The Kier molecular flexibility index (Phi) is 8.12. The number of hydrogen-bond donors (Lipinski definition) is 2. The first kappa shape index (κ1) is 22.5. The van der Waals surface area contributed by atoms with Crippen molar-refractivity contribution in [2.45, 2.75) is 58.7 Å². The molecule has 2 atom stereocenters. The molecule has 1 unspecified atom stereocenters. The minimum absolute atomic E-state index is 0.0303. The first-order chi connectivity index (χ1) is 13.2. The zero-order valence-corrected chi connectivity index (χ0v) is 18.5. The third-order valence-corrected chi connectivity index (χ3v) is 6.38. The van der Waals surface area contributed by atoms with Crippen LogP contribution in [0.1, 0.15) is 44.2 Å². The molecule has 28 heavy (non-hydrogen) atoms. The molecule has 0 saturated carbocycles. The molecule has 0 spiro atoms. The third kappa shape index (κ3) is 6.38. The van der Waals surface area contributed by atoms with Gasteiger partial charge in [0.15, 0.2) is 5.96 Å². The molecule has 0 radical (unpaired) electrons. The average Bonchev–Trinajstić information content (AvgIpc) is 3.12. The van der Waals surface area contributed by atoms with Gasteiger partial charge in [0.1, 0.15) is 5.75 Å². The van der Waals surface area contributed by atoms with E-state index < -0.39 is 10.0 Å². The summed E-state index contributed by atoms with van der Waals surface area (Å²) in [5.41, 5.74) is 2.22. The minimum atomic E-state index is -3.17. The fraction of sp³-hybridized carbons (Fsp3) is 0.650. The maximum absolute atomic E-state index is 11.9. The highest BCUT2D eigenvalue weighted by Gasteiger charge is 2.31. The van der Waals surface area contributed by atoms with E-state index in [0.717, 1.165) is 36.1 Å². The predicted octanol–water partition coefficient (Wildman–Crippen LogP) is 2.26. The van der Waals surface area contributed by atoms with Crippen molar-refractivity contribution in [2.24, 2.45) is 4.99 Å². The van der Waals surface area contributed by atoms with Crippen molar-refractivity contribution in [3.05, 3.63) is 29.3 Å². The zero-order chi connectivity index (χ0) is 20.7. The van der Waals surface area contributed by atoms with Crippen LogP contribution in [0.5, 0.6) is 5.75 Å². The predicted molar refractivity (Wildman–Crippen MR) is 114 cm³/mol. The van der Waals surface area contributed by atoms with Crippen LogP contribution in [0.2, 0.25) is 0 Å². The van der Waals surface area contributed by atoms with Gasteiger partial charge in [-0.25, -0.2) is 8.42 Å². The number of aliphatic imine (C=N–C) groups is 1. The molecule has 0 aromatic heterocycles. The Morgan fingerprint density at radius 1 is 1.39 bits per heavy atom. The molecule has 7 nitrogen and oxygen atoms in total. The van der Waals surface area contributed by atoms with Gasteiger partial charge in [0, 0.05) is 38.3 Å². The molecule has 1 aromatic carbocycles. The van der Waals surface area contributed by atoms with Crippen molar-refractivity contribution in [2.75, 3.05) is 26.4 Å². The highest BCUT2D eigenvalue weighted by Crippen LogP contribution is 2.22. The van der Waals surface area contributed by atoms with Crippen LogP contribution in [-0.4, -0.2) is 57.2 Å². The summed E-state index contributed by atoms with van der Waals surface area (Å²) >= 11 is 0. The van der Waals surface area contributed by atoms with Gasteiger partial charge in [-0.1, -0.05) is 19.1 Å². The molecular weight excluding hydrogens is 376 g/mol. The van der Waals surface area contributed by atoms with Crippen molar-refractivity contribution >= 4 is 16.0 Å². The maximum Gasteiger partial charge on any atom is 0.211 e. The van der Waals surface area contributed by atoms with Crippen LogP contribution >= 0.6 is 0 Å². The van der Waals surface area contributed by atoms with Crippen molar-refractivity contribution in [1.29, 1.82) is 0 Å². The standard InChI is InChI=1S/C20H34N4O3S/c1-6-16(3)27-19-12-15(2)9-10-17(19)13-22-20(21-4)23-14-18-8-7-11-24(18)28(5,25)26/h9-10,12,16,18H,6-8,11,13-14H2,1-5H3,(H2,21,22,23)/t16?,18-/m1/s1. The number of nitrogens with one attached hydrogen (secondary N) is 2. The molecule has 0 aliphatic carbocycles. The van der Waals surface area contributed by atoms with E-state index in [1.165, 1.54) is 6.26 Å². The summed E-state index contributed by atoms with van der Waals surface area (Å²) < 4.78 is 31.4. The molecule has 1 fully saturated rings. The number of sulfonamides is 1.